The number of nitrogens with one attached hydrogen (secondary N) is 2. The Labute approximate surface area is 197 Å². The van der Waals surface area contributed by atoms with Gasteiger partial charge in [0.1, 0.15) is 23.6 Å². The molecule has 3 fully saturated rings. The number of amides is 2. The number of Topliss-reactive ketones (excluding diaryl/α,β-unsaturated/α-hetero) is 1. The lowest BCUT2D eigenvalue weighted by Crippen LogP contribution is -2.49. The zero-order chi connectivity index (χ0) is 23.2. The van der Waals surface area contributed by atoms with E-state index >= 15 is 0 Å². The predicted molar refractivity (Wildman–Crippen MR) is 124 cm³/mol. The molecular weight excluding hydrogens is 440 g/mol. The summed E-state index contributed by atoms with van der Waals surface area (Å²) in [7, 11) is 0. The summed E-state index contributed by atoms with van der Waals surface area (Å²) in [6.07, 6.45) is 6.21. The molecule has 1 saturated heterocycles. The fraction of sp³-hybridized carbons (Fsp3) is 0.520. The van der Waals surface area contributed by atoms with Crippen molar-refractivity contribution in [3.63, 3.8) is 0 Å². The van der Waals surface area contributed by atoms with Crippen molar-refractivity contribution >= 4 is 40.1 Å². The maximum absolute atomic E-state index is 13.5. The largest absolute Gasteiger partial charge is 0.349 e. The van der Waals surface area contributed by atoms with Gasteiger partial charge in [-0.2, -0.15) is 5.26 Å². The number of carbonyl (C=O) groups excluding carboxylic acids is 3. The molecule has 2 amide bonds. The van der Waals surface area contributed by atoms with Crippen molar-refractivity contribution in [1.82, 2.24) is 15.2 Å². The number of likely N-dealkylation sites (tertiary alicyclic amines) is 1. The van der Waals surface area contributed by atoms with Gasteiger partial charge in [-0.05, 0) is 56.1 Å². The zero-order valence-electron chi connectivity index (χ0n) is 18.4. The predicted octanol–water partition coefficient (Wildman–Crippen LogP) is 3.97. The van der Waals surface area contributed by atoms with E-state index < -0.39 is 12.1 Å². The van der Waals surface area contributed by atoms with Crippen LogP contribution in [0.3, 0.4) is 0 Å². The Hall–Kier alpha value is -2.85. The Kier molecular flexibility index (Phi) is 5.65. The van der Waals surface area contributed by atoms with Crippen LogP contribution in [0.25, 0.3) is 10.9 Å². The molecule has 2 aromatic rings. The van der Waals surface area contributed by atoms with E-state index in [1.807, 2.05) is 12.1 Å². The molecule has 1 aliphatic heterocycles. The lowest BCUT2D eigenvalue weighted by atomic mass is 9.67. The molecule has 7 nitrogen and oxygen atoms in total. The molecule has 1 aromatic carbocycles. The Morgan fingerprint density at radius 1 is 1.33 bits per heavy atom. The molecule has 1 spiro atoms. The van der Waals surface area contributed by atoms with Crippen molar-refractivity contribution in [2.45, 2.75) is 63.5 Å². The van der Waals surface area contributed by atoms with E-state index in [2.05, 4.69) is 16.4 Å². The number of ketones is 1. The molecule has 1 aromatic heterocycles. The lowest BCUT2D eigenvalue weighted by molar-refractivity contribution is -0.126. The molecule has 3 atom stereocenters. The van der Waals surface area contributed by atoms with Gasteiger partial charge in [-0.25, -0.2) is 0 Å². The van der Waals surface area contributed by atoms with Gasteiger partial charge in [0.25, 0.3) is 5.91 Å². The van der Waals surface area contributed by atoms with E-state index in [9.17, 15) is 19.6 Å². The number of aromatic amines is 1. The fourth-order valence-corrected chi connectivity index (χ4v) is 5.99. The first-order valence-corrected chi connectivity index (χ1v) is 12.1. The van der Waals surface area contributed by atoms with Crippen LogP contribution in [0.4, 0.5) is 0 Å². The van der Waals surface area contributed by atoms with Gasteiger partial charge in [0.05, 0.1) is 16.6 Å². The topological polar surface area (TPSA) is 106 Å². The standard InChI is InChI=1S/C25H27ClN4O3/c26-18-6-1-5-16-11-19(29-22(16)18)24(33)30-14-25(8-3-9-25)12-20(30)23(32)28-17(13-27)10-15-4-2-7-21(15)31/h1,5-6,11,15,17,20,29H,2-4,7-10,12,14H2,(H,28,32)/t15-,17-,20-/m0/s1. The molecule has 3 aliphatic rings. The van der Waals surface area contributed by atoms with Crippen molar-refractivity contribution in [2.75, 3.05) is 6.54 Å². The molecule has 2 aliphatic carbocycles. The molecule has 2 N–H and O–H groups in total. The van der Waals surface area contributed by atoms with Crippen LogP contribution in [0, 0.1) is 22.7 Å². The van der Waals surface area contributed by atoms with Gasteiger partial charge in [0.2, 0.25) is 5.91 Å². The summed E-state index contributed by atoms with van der Waals surface area (Å²) < 4.78 is 0. The van der Waals surface area contributed by atoms with E-state index in [1.54, 1.807) is 17.0 Å². The molecule has 172 valence electrons. The number of halogens is 1. The minimum atomic E-state index is -0.730. The smallest absolute Gasteiger partial charge is 0.271 e. The van der Waals surface area contributed by atoms with E-state index in [4.69, 9.17) is 11.6 Å². The maximum atomic E-state index is 13.5. The number of fused-ring (bicyclic) bond motifs is 1. The van der Waals surface area contributed by atoms with Gasteiger partial charge < -0.3 is 15.2 Å². The summed E-state index contributed by atoms with van der Waals surface area (Å²) in [6, 6.07) is 8.04. The Morgan fingerprint density at radius 2 is 2.15 bits per heavy atom. The number of H-pyrrole nitrogens is 1. The summed E-state index contributed by atoms with van der Waals surface area (Å²) >= 11 is 6.27. The maximum Gasteiger partial charge on any atom is 0.271 e. The van der Waals surface area contributed by atoms with Gasteiger partial charge in [-0.1, -0.05) is 30.2 Å². The van der Waals surface area contributed by atoms with Crippen LogP contribution in [-0.4, -0.2) is 46.1 Å². The summed E-state index contributed by atoms with van der Waals surface area (Å²) in [6.45, 7) is 0.533. The van der Waals surface area contributed by atoms with Crippen LogP contribution >= 0.6 is 11.6 Å². The average molecular weight is 467 g/mol. The summed E-state index contributed by atoms with van der Waals surface area (Å²) in [5.74, 6) is -0.526. The number of nitrogens with zero attached hydrogens (tertiary/aromatic N) is 2. The van der Waals surface area contributed by atoms with E-state index in [-0.39, 0.29) is 28.9 Å². The van der Waals surface area contributed by atoms with E-state index in [0.717, 1.165) is 37.5 Å². The van der Waals surface area contributed by atoms with Crippen LogP contribution in [0.1, 0.15) is 61.9 Å². The second-order valence-electron chi connectivity index (χ2n) is 9.88. The molecule has 0 radical (unpaired) electrons. The summed E-state index contributed by atoms with van der Waals surface area (Å²) in [4.78, 5) is 43.6. The van der Waals surface area contributed by atoms with Gasteiger partial charge >= 0.3 is 0 Å². The van der Waals surface area contributed by atoms with Gasteiger partial charge in [-0.15, -0.1) is 0 Å². The number of nitriles is 1. The van der Waals surface area contributed by atoms with E-state index in [0.29, 0.717) is 42.0 Å². The molecule has 0 unspecified atom stereocenters. The number of hydrogen-bond acceptors (Lipinski definition) is 4. The van der Waals surface area contributed by atoms with Crippen LogP contribution in [0.15, 0.2) is 24.3 Å². The second kappa shape index (κ2) is 8.49. The second-order valence-corrected chi connectivity index (χ2v) is 10.3. The van der Waals surface area contributed by atoms with Crippen molar-refractivity contribution in [2.24, 2.45) is 11.3 Å². The van der Waals surface area contributed by atoms with Crippen molar-refractivity contribution in [3.05, 3.63) is 35.0 Å². The third-order valence-electron chi connectivity index (χ3n) is 7.75. The molecule has 2 saturated carbocycles. The molecule has 5 rings (SSSR count). The molecule has 0 bridgehead atoms. The minimum Gasteiger partial charge on any atom is -0.349 e. The Morgan fingerprint density at radius 3 is 2.79 bits per heavy atom. The molecular formula is C25H27ClN4O3. The first-order chi connectivity index (χ1) is 15.9. The van der Waals surface area contributed by atoms with Crippen LogP contribution < -0.4 is 5.32 Å². The van der Waals surface area contributed by atoms with E-state index in [1.165, 1.54) is 0 Å². The number of rotatable bonds is 5. The third kappa shape index (κ3) is 4.02. The summed E-state index contributed by atoms with van der Waals surface area (Å²) in [5, 5.41) is 13.8. The molecule has 8 heteroatoms. The number of para-hydroxylation sites is 1. The highest BCUT2D eigenvalue weighted by Crippen LogP contribution is 2.50. The van der Waals surface area contributed by atoms with Crippen molar-refractivity contribution < 1.29 is 14.4 Å². The molecule has 33 heavy (non-hydrogen) atoms. The Bertz CT molecular complexity index is 1160. The lowest BCUT2D eigenvalue weighted by Gasteiger charge is -2.37. The summed E-state index contributed by atoms with van der Waals surface area (Å²) in [5.41, 5.74) is 1.08. The van der Waals surface area contributed by atoms with Crippen LogP contribution in [0.2, 0.25) is 5.02 Å². The number of benzene rings is 1. The highest BCUT2D eigenvalue weighted by Gasteiger charge is 2.52. The minimum absolute atomic E-state index is 0.0229. The number of carbonyl (C=O) groups is 3. The highest BCUT2D eigenvalue weighted by atomic mass is 35.5. The third-order valence-corrected chi connectivity index (χ3v) is 8.06. The first kappa shape index (κ1) is 22.0. The Balaban J connectivity index is 1.35. The number of aromatic nitrogens is 1. The van der Waals surface area contributed by atoms with Crippen LogP contribution in [-0.2, 0) is 9.59 Å². The van der Waals surface area contributed by atoms with Crippen molar-refractivity contribution in [1.29, 1.82) is 5.26 Å². The van der Waals surface area contributed by atoms with Crippen molar-refractivity contribution in [3.8, 4) is 6.07 Å². The SMILES string of the molecule is N#C[C@H](C[C@@H]1CCCC1=O)NC(=O)[C@@H]1CC2(CCC2)CN1C(=O)c1cc2cccc(Cl)c2[nH]1. The first-order valence-electron chi connectivity index (χ1n) is 11.7. The fourth-order valence-electron chi connectivity index (χ4n) is 5.77. The normalized spacial score (nSPS) is 24.6. The van der Waals surface area contributed by atoms with Gasteiger partial charge in [0.15, 0.2) is 0 Å². The average Bonchev–Trinajstić information content (AvgIpc) is 3.49. The molecule has 2 heterocycles. The van der Waals surface area contributed by atoms with Gasteiger partial charge in [0, 0.05) is 24.3 Å². The van der Waals surface area contributed by atoms with Gasteiger partial charge in [-0.3, -0.25) is 14.4 Å². The monoisotopic (exact) mass is 466 g/mol. The highest BCUT2D eigenvalue weighted by molar-refractivity contribution is 6.35. The number of hydrogen-bond donors (Lipinski definition) is 2. The quantitative estimate of drug-likeness (QED) is 0.695. The zero-order valence-corrected chi connectivity index (χ0v) is 19.2. The van der Waals surface area contributed by atoms with Crippen LogP contribution in [0.5, 0.6) is 0 Å².